The summed E-state index contributed by atoms with van der Waals surface area (Å²) in [6.45, 7) is 8.18. The molecule has 5 heteroatoms. The molecule has 0 atom stereocenters. The van der Waals surface area contributed by atoms with Gasteiger partial charge in [-0.3, -0.25) is 4.99 Å². The predicted octanol–water partition coefficient (Wildman–Crippen LogP) is 3.33. The Balaban J connectivity index is 0.00000400. The summed E-state index contributed by atoms with van der Waals surface area (Å²) in [6, 6.07) is 6.22. The minimum atomic E-state index is 0. The van der Waals surface area contributed by atoms with Crippen molar-refractivity contribution in [2.75, 3.05) is 20.7 Å². The summed E-state index contributed by atoms with van der Waals surface area (Å²) in [7, 11) is 3.49. The summed E-state index contributed by atoms with van der Waals surface area (Å²) in [5.74, 6) is 2.43. The first-order valence-electron chi connectivity index (χ1n) is 7.14. The van der Waals surface area contributed by atoms with Crippen LogP contribution in [0, 0.1) is 12.8 Å². The first-order valence-corrected chi connectivity index (χ1v) is 7.14. The molecule has 0 aromatic heterocycles. The van der Waals surface area contributed by atoms with Crippen LogP contribution in [-0.4, -0.2) is 26.7 Å². The van der Waals surface area contributed by atoms with Crippen LogP contribution < -0.4 is 15.4 Å². The fourth-order valence-corrected chi connectivity index (χ4v) is 1.93. The van der Waals surface area contributed by atoms with Crippen LogP contribution in [0.15, 0.2) is 23.2 Å². The van der Waals surface area contributed by atoms with Crippen LogP contribution in [-0.2, 0) is 6.54 Å². The summed E-state index contributed by atoms with van der Waals surface area (Å²) in [5, 5.41) is 6.64. The fraction of sp³-hybridized carbons (Fsp3) is 0.562. The van der Waals surface area contributed by atoms with Crippen molar-refractivity contribution in [1.29, 1.82) is 0 Å². The quantitative estimate of drug-likeness (QED) is 0.434. The summed E-state index contributed by atoms with van der Waals surface area (Å²) < 4.78 is 5.29. The van der Waals surface area contributed by atoms with E-state index in [1.54, 1.807) is 14.2 Å². The number of aryl methyl sites for hydroxylation is 1. The van der Waals surface area contributed by atoms with Crippen LogP contribution in [0.4, 0.5) is 0 Å². The van der Waals surface area contributed by atoms with E-state index in [1.807, 2.05) is 12.1 Å². The third-order valence-corrected chi connectivity index (χ3v) is 3.04. The number of aliphatic imine (C=N–C) groups is 1. The second-order valence-electron chi connectivity index (χ2n) is 5.39. The Morgan fingerprint density at radius 2 is 1.95 bits per heavy atom. The molecule has 0 radical (unpaired) electrons. The number of nitrogens with zero attached hydrogens (tertiary/aromatic N) is 1. The van der Waals surface area contributed by atoms with Gasteiger partial charge in [-0.2, -0.15) is 0 Å². The molecule has 0 spiro atoms. The standard InChI is InChI=1S/C16H27N3O.HI/c1-12(2)6-7-18-16(17-4)19-11-14-8-13(3)9-15(10-14)20-5;/h8-10,12H,6-7,11H2,1-5H3,(H2,17,18,19);1H. The Labute approximate surface area is 145 Å². The SMILES string of the molecule is CN=C(NCCC(C)C)NCc1cc(C)cc(OC)c1.I. The Kier molecular flexibility index (Phi) is 10.2. The highest BCUT2D eigenvalue weighted by atomic mass is 127. The first kappa shape index (κ1) is 20.0. The van der Waals surface area contributed by atoms with Gasteiger partial charge in [0.25, 0.3) is 0 Å². The zero-order valence-corrected chi connectivity index (χ0v) is 16.0. The molecule has 0 aliphatic rings. The lowest BCUT2D eigenvalue weighted by atomic mass is 10.1. The van der Waals surface area contributed by atoms with E-state index in [0.717, 1.165) is 31.2 Å². The van der Waals surface area contributed by atoms with E-state index in [9.17, 15) is 0 Å². The molecule has 2 N–H and O–H groups in total. The van der Waals surface area contributed by atoms with Crippen molar-refractivity contribution < 1.29 is 4.74 Å². The number of hydrogen-bond acceptors (Lipinski definition) is 2. The number of guanidine groups is 1. The average Bonchev–Trinajstić information content (AvgIpc) is 2.41. The van der Waals surface area contributed by atoms with E-state index >= 15 is 0 Å². The third kappa shape index (κ3) is 8.14. The van der Waals surface area contributed by atoms with Crippen molar-refractivity contribution in [3.63, 3.8) is 0 Å². The van der Waals surface area contributed by atoms with Crippen molar-refractivity contribution in [2.24, 2.45) is 10.9 Å². The molecule has 0 aliphatic carbocycles. The molecule has 1 aromatic carbocycles. The van der Waals surface area contributed by atoms with Crippen molar-refractivity contribution >= 4 is 29.9 Å². The molecule has 0 bridgehead atoms. The molecule has 0 unspecified atom stereocenters. The maximum Gasteiger partial charge on any atom is 0.191 e. The summed E-state index contributed by atoms with van der Waals surface area (Å²) in [6.07, 6.45) is 1.14. The van der Waals surface area contributed by atoms with Crippen LogP contribution in [0.25, 0.3) is 0 Å². The van der Waals surface area contributed by atoms with E-state index in [-0.39, 0.29) is 24.0 Å². The molecule has 21 heavy (non-hydrogen) atoms. The monoisotopic (exact) mass is 405 g/mol. The Bertz CT molecular complexity index is 447. The summed E-state index contributed by atoms with van der Waals surface area (Å²) in [4.78, 5) is 4.23. The van der Waals surface area contributed by atoms with E-state index in [1.165, 1.54) is 11.1 Å². The topological polar surface area (TPSA) is 45.7 Å². The normalized spacial score (nSPS) is 11.0. The molecule has 0 saturated heterocycles. The van der Waals surface area contributed by atoms with Gasteiger partial charge in [-0.25, -0.2) is 0 Å². The van der Waals surface area contributed by atoms with Crippen LogP contribution in [0.2, 0.25) is 0 Å². The number of rotatable bonds is 6. The maximum absolute atomic E-state index is 5.29. The van der Waals surface area contributed by atoms with Gasteiger partial charge in [0, 0.05) is 20.1 Å². The third-order valence-electron chi connectivity index (χ3n) is 3.04. The Hall–Kier alpha value is -0.980. The van der Waals surface area contributed by atoms with Gasteiger partial charge in [-0.15, -0.1) is 24.0 Å². The highest BCUT2D eigenvalue weighted by Gasteiger charge is 2.02. The molecular weight excluding hydrogens is 377 g/mol. The number of nitrogens with one attached hydrogen (secondary N) is 2. The smallest absolute Gasteiger partial charge is 0.191 e. The molecular formula is C16H28IN3O. The predicted molar refractivity (Wildman–Crippen MR) is 101 cm³/mol. The number of halogens is 1. The lowest BCUT2D eigenvalue weighted by Crippen LogP contribution is -2.37. The van der Waals surface area contributed by atoms with Gasteiger partial charge in [0.05, 0.1) is 7.11 Å². The van der Waals surface area contributed by atoms with Gasteiger partial charge in [-0.1, -0.05) is 19.9 Å². The van der Waals surface area contributed by atoms with Crippen LogP contribution in [0.3, 0.4) is 0 Å². The van der Waals surface area contributed by atoms with Crippen LogP contribution in [0.5, 0.6) is 5.75 Å². The van der Waals surface area contributed by atoms with Crippen molar-refractivity contribution in [3.8, 4) is 5.75 Å². The average molecular weight is 405 g/mol. The van der Waals surface area contributed by atoms with Crippen molar-refractivity contribution in [1.82, 2.24) is 10.6 Å². The molecule has 0 heterocycles. The Morgan fingerprint density at radius 1 is 1.24 bits per heavy atom. The zero-order valence-electron chi connectivity index (χ0n) is 13.7. The molecule has 1 aromatic rings. The van der Waals surface area contributed by atoms with Crippen molar-refractivity contribution in [2.45, 2.75) is 33.7 Å². The summed E-state index contributed by atoms with van der Waals surface area (Å²) in [5.41, 5.74) is 2.39. The van der Waals surface area contributed by atoms with Gasteiger partial charge in [0.15, 0.2) is 5.96 Å². The highest BCUT2D eigenvalue weighted by Crippen LogP contribution is 2.16. The van der Waals surface area contributed by atoms with Gasteiger partial charge >= 0.3 is 0 Å². The van der Waals surface area contributed by atoms with Gasteiger partial charge < -0.3 is 15.4 Å². The number of hydrogen-bond donors (Lipinski definition) is 2. The molecule has 0 fully saturated rings. The lowest BCUT2D eigenvalue weighted by molar-refractivity contribution is 0.414. The molecule has 4 nitrogen and oxygen atoms in total. The van der Waals surface area contributed by atoms with E-state index in [2.05, 4.69) is 42.5 Å². The maximum atomic E-state index is 5.29. The minimum Gasteiger partial charge on any atom is -0.497 e. The second kappa shape index (κ2) is 10.7. The molecule has 1 rings (SSSR count). The first-order chi connectivity index (χ1) is 9.55. The minimum absolute atomic E-state index is 0. The molecule has 0 aliphatic heterocycles. The molecule has 0 amide bonds. The van der Waals surface area contributed by atoms with Gasteiger partial charge in [0.1, 0.15) is 5.75 Å². The van der Waals surface area contributed by atoms with Crippen molar-refractivity contribution in [3.05, 3.63) is 29.3 Å². The fourth-order valence-electron chi connectivity index (χ4n) is 1.93. The number of benzene rings is 1. The van der Waals surface area contributed by atoms with Crippen LogP contribution in [0.1, 0.15) is 31.4 Å². The molecule has 0 saturated carbocycles. The molecule has 120 valence electrons. The Morgan fingerprint density at radius 3 is 2.52 bits per heavy atom. The lowest BCUT2D eigenvalue weighted by Gasteiger charge is -2.13. The van der Waals surface area contributed by atoms with E-state index < -0.39 is 0 Å². The highest BCUT2D eigenvalue weighted by molar-refractivity contribution is 14.0. The zero-order chi connectivity index (χ0) is 15.0. The van der Waals surface area contributed by atoms with Gasteiger partial charge in [0.2, 0.25) is 0 Å². The number of methoxy groups -OCH3 is 1. The van der Waals surface area contributed by atoms with Gasteiger partial charge in [-0.05, 0) is 42.5 Å². The summed E-state index contributed by atoms with van der Waals surface area (Å²) >= 11 is 0. The largest absolute Gasteiger partial charge is 0.497 e. The van der Waals surface area contributed by atoms with E-state index in [4.69, 9.17) is 4.74 Å². The number of ether oxygens (including phenoxy) is 1. The second-order valence-corrected chi connectivity index (χ2v) is 5.39. The van der Waals surface area contributed by atoms with E-state index in [0.29, 0.717) is 5.92 Å². The van der Waals surface area contributed by atoms with Crippen LogP contribution >= 0.6 is 24.0 Å².